The van der Waals surface area contributed by atoms with Gasteiger partial charge in [-0.25, -0.2) is 0 Å². The molecule has 3 aromatic rings. The van der Waals surface area contributed by atoms with Gasteiger partial charge in [-0.3, -0.25) is 4.79 Å². The van der Waals surface area contributed by atoms with E-state index >= 15 is 0 Å². The molecule has 0 saturated carbocycles. The lowest BCUT2D eigenvalue weighted by molar-refractivity contribution is 0.0780. The molecule has 0 aliphatic heterocycles. The van der Waals surface area contributed by atoms with Crippen LogP contribution in [-0.4, -0.2) is 22.8 Å². The number of aryl methyl sites for hydroxylation is 1. The van der Waals surface area contributed by atoms with Crippen LogP contribution in [0.4, 0.5) is 0 Å². The molecule has 0 saturated heterocycles. The number of nitrogens with zero attached hydrogens (tertiary/aromatic N) is 1. The molecule has 0 aliphatic rings. The van der Waals surface area contributed by atoms with E-state index in [4.69, 9.17) is 23.2 Å². The van der Waals surface area contributed by atoms with Gasteiger partial charge in [-0.15, -0.1) is 0 Å². The van der Waals surface area contributed by atoms with Crippen molar-refractivity contribution in [1.82, 2.24) is 9.88 Å². The van der Waals surface area contributed by atoms with E-state index in [0.29, 0.717) is 22.3 Å². The highest BCUT2D eigenvalue weighted by Crippen LogP contribution is 2.26. The Bertz CT molecular complexity index is 886. The maximum atomic E-state index is 12.6. The molecule has 5 heteroatoms. The topological polar surface area (TPSA) is 36.1 Å². The molecule has 1 N–H and O–H groups in total. The molecular weight excluding hydrogens is 331 g/mol. The Balaban J connectivity index is 1.84. The molecule has 1 heterocycles. The molecule has 0 spiro atoms. The van der Waals surface area contributed by atoms with Gasteiger partial charge in [0.05, 0.1) is 10.0 Å². The van der Waals surface area contributed by atoms with Crippen molar-refractivity contribution in [1.29, 1.82) is 0 Å². The number of fused-ring (bicyclic) bond motifs is 1. The molecule has 0 unspecified atom stereocenters. The Kier molecular flexibility index (Phi) is 4.33. The van der Waals surface area contributed by atoms with Gasteiger partial charge in [0.2, 0.25) is 0 Å². The fraction of sp³-hybridized carbons (Fsp3) is 0.167. The van der Waals surface area contributed by atoms with Gasteiger partial charge < -0.3 is 9.88 Å². The molecule has 3 nitrogen and oxygen atoms in total. The smallest absolute Gasteiger partial charge is 0.270 e. The molecule has 0 radical (unpaired) electrons. The van der Waals surface area contributed by atoms with Crippen LogP contribution in [0.2, 0.25) is 10.0 Å². The van der Waals surface area contributed by atoms with Crippen molar-refractivity contribution in [3.63, 3.8) is 0 Å². The Labute approximate surface area is 144 Å². The summed E-state index contributed by atoms with van der Waals surface area (Å²) in [5, 5.41) is 2.01. The van der Waals surface area contributed by atoms with Crippen LogP contribution < -0.4 is 0 Å². The number of carbonyl (C=O) groups excluding carboxylic acids is 1. The predicted octanol–water partition coefficient (Wildman–Crippen LogP) is 5.06. The summed E-state index contributed by atoms with van der Waals surface area (Å²) in [6.07, 6.45) is 0. The number of aromatic nitrogens is 1. The fourth-order valence-corrected chi connectivity index (χ4v) is 2.95. The number of aromatic amines is 1. The first kappa shape index (κ1) is 15.9. The fourth-order valence-electron chi connectivity index (χ4n) is 2.57. The molecule has 0 atom stereocenters. The number of carbonyl (C=O) groups is 1. The molecular formula is C18H16Cl2N2O. The van der Waals surface area contributed by atoms with Crippen LogP contribution in [0.5, 0.6) is 0 Å². The molecule has 1 aromatic heterocycles. The molecule has 23 heavy (non-hydrogen) atoms. The third-order valence-corrected chi connectivity index (χ3v) is 4.65. The van der Waals surface area contributed by atoms with E-state index in [-0.39, 0.29) is 5.91 Å². The van der Waals surface area contributed by atoms with Crippen LogP contribution in [0.15, 0.2) is 42.5 Å². The number of halogens is 2. The van der Waals surface area contributed by atoms with Gasteiger partial charge in [-0.2, -0.15) is 0 Å². The maximum Gasteiger partial charge on any atom is 0.270 e. The van der Waals surface area contributed by atoms with E-state index in [2.05, 4.69) is 11.1 Å². The lowest BCUT2D eigenvalue weighted by Crippen LogP contribution is -2.26. The number of amides is 1. The summed E-state index contributed by atoms with van der Waals surface area (Å²) in [4.78, 5) is 17.4. The van der Waals surface area contributed by atoms with E-state index in [0.717, 1.165) is 22.0 Å². The summed E-state index contributed by atoms with van der Waals surface area (Å²) in [6, 6.07) is 13.4. The number of nitrogens with one attached hydrogen (secondary N) is 1. The van der Waals surface area contributed by atoms with Crippen LogP contribution in [0.3, 0.4) is 0 Å². The molecule has 1 amide bonds. The highest BCUT2D eigenvalue weighted by atomic mass is 35.5. The van der Waals surface area contributed by atoms with Gasteiger partial charge in [0.1, 0.15) is 5.69 Å². The van der Waals surface area contributed by atoms with Crippen LogP contribution >= 0.6 is 23.2 Å². The lowest BCUT2D eigenvalue weighted by Gasteiger charge is -2.17. The van der Waals surface area contributed by atoms with Crippen LogP contribution in [-0.2, 0) is 6.54 Å². The van der Waals surface area contributed by atoms with E-state index in [9.17, 15) is 4.79 Å². The maximum absolute atomic E-state index is 12.6. The standard InChI is InChI=1S/C18H16Cl2N2O/c1-11-6-7-15-13(8-11)9-16(21-15)18(23)22(2)10-12-4-3-5-14(19)17(12)20/h3-9,21H,10H2,1-2H3. The summed E-state index contributed by atoms with van der Waals surface area (Å²) in [6.45, 7) is 2.42. The minimum absolute atomic E-state index is 0.0881. The van der Waals surface area contributed by atoms with E-state index in [1.165, 1.54) is 0 Å². The third-order valence-electron chi connectivity index (χ3n) is 3.79. The van der Waals surface area contributed by atoms with Crippen molar-refractivity contribution in [2.45, 2.75) is 13.5 Å². The minimum atomic E-state index is -0.0881. The summed E-state index contributed by atoms with van der Waals surface area (Å²) >= 11 is 12.2. The van der Waals surface area contributed by atoms with Crippen LogP contribution in [0.1, 0.15) is 21.6 Å². The molecule has 0 bridgehead atoms. The van der Waals surface area contributed by atoms with Gasteiger partial charge >= 0.3 is 0 Å². The first-order valence-corrected chi connectivity index (χ1v) is 7.99. The molecule has 0 aliphatic carbocycles. The molecule has 3 rings (SSSR count). The average molecular weight is 347 g/mol. The number of hydrogen-bond acceptors (Lipinski definition) is 1. The number of benzene rings is 2. The Hall–Kier alpha value is -1.97. The second-order valence-electron chi connectivity index (χ2n) is 5.65. The highest BCUT2D eigenvalue weighted by Gasteiger charge is 2.16. The van der Waals surface area contributed by atoms with Crippen molar-refractivity contribution in [3.05, 3.63) is 69.3 Å². The van der Waals surface area contributed by atoms with Gasteiger partial charge in [-0.05, 0) is 36.8 Å². The van der Waals surface area contributed by atoms with Crippen LogP contribution in [0, 0.1) is 6.92 Å². The summed E-state index contributed by atoms with van der Waals surface area (Å²) in [7, 11) is 1.75. The molecule has 2 aromatic carbocycles. The second kappa shape index (κ2) is 6.26. The van der Waals surface area contributed by atoms with Gasteiger partial charge in [0, 0.05) is 24.5 Å². The zero-order valence-corrected chi connectivity index (χ0v) is 14.4. The second-order valence-corrected chi connectivity index (χ2v) is 6.43. The quantitative estimate of drug-likeness (QED) is 0.707. The van der Waals surface area contributed by atoms with Gasteiger partial charge in [0.15, 0.2) is 0 Å². The summed E-state index contributed by atoms with van der Waals surface area (Å²) < 4.78 is 0. The van der Waals surface area contributed by atoms with E-state index < -0.39 is 0 Å². The number of hydrogen-bond donors (Lipinski definition) is 1. The normalized spacial score (nSPS) is 11.0. The zero-order chi connectivity index (χ0) is 16.6. The van der Waals surface area contributed by atoms with Crippen molar-refractivity contribution < 1.29 is 4.79 Å². The van der Waals surface area contributed by atoms with Crippen molar-refractivity contribution >= 4 is 40.0 Å². The number of rotatable bonds is 3. The Morgan fingerprint density at radius 1 is 1.17 bits per heavy atom. The molecule has 118 valence electrons. The first-order chi connectivity index (χ1) is 11.0. The van der Waals surface area contributed by atoms with Gasteiger partial charge in [-0.1, -0.05) is 47.0 Å². The minimum Gasteiger partial charge on any atom is -0.351 e. The average Bonchev–Trinajstić information content (AvgIpc) is 2.94. The SMILES string of the molecule is Cc1ccc2[nH]c(C(=O)N(C)Cc3cccc(Cl)c3Cl)cc2c1. The molecule has 0 fully saturated rings. The zero-order valence-electron chi connectivity index (χ0n) is 12.9. The monoisotopic (exact) mass is 346 g/mol. The summed E-state index contributed by atoms with van der Waals surface area (Å²) in [5.74, 6) is -0.0881. The highest BCUT2D eigenvalue weighted by molar-refractivity contribution is 6.42. The lowest BCUT2D eigenvalue weighted by atomic mass is 10.2. The summed E-state index contributed by atoms with van der Waals surface area (Å²) in [5.41, 5.74) is 3.50. The third kappa shape index (κ3) is 3.21. The van der Waals surface area contributed by atoms with Gasteiger partial charge in [0.25, 0.3) is 5.91 Å². The van der Waals surface area contributed by atoms with Crippen LogP contribution in [0.25, 0.3) is 10.9 Å². The largest absolute Gasteiger partial charge is 0.351 e. The first-order valence-electron chi connectivity index (χ1n) is 7.23. The van der Waals surface area contributed by atoms with Crippen molar-refractivity contribution in [3.8, 4) is 0 Å². The Morgan fingerprint density at radius 2 is 1.96 bits per heavy atom. The van der Waals surface area contributed by atoms with Crippen molar-refractivity contribution in [2.75, 3.05) is 7.05 Å². The Morgan fingerprint density at radius 3 is 2.74 bits per heavy atom. The van der Waals surface area contributed by atoms with E-state index in [1.54, 1.807) is 18.0 Å². The number of H-pyrrole nitrogens is 1. The van der Waals surface area contributed by atoms with Crippen molar-refractivity contribution in [2.24, 2.45) is 0 Å². The predicted molar refractivity (Wildman–Crippen MR) is 95.3 cm³/mol. The van der Waals surface area contributed by atoms with E-state index in [1.807, 2.05) is 37.3 Å².